The van der Waals surface area contributed by atoms with E-state index in [1.54, 1.807) is 4.90 Å². The molecule has 0 spiro atoms. The summed E-state index contributed by atoms with van der Waals surface area (Å²) >= 11 is 0. The molecule has 0 aromatic rings. The molecule has 1 aliphatic heterocycles. The van der Waals surface area contributed by atoms with Crippen molar-refractivity contribution in [1.29, 1.82) is 0 Å². The van der Waals surface area contributed by atoms with Crippen molar-refractivity contribution in [1.82, 2.24) is 10.2 Å². The predicted octanol–water partition coefficient (Wildman–Crippen LogP) is 0.869. The fraction of sp³-hybridized carbons (Fsp3) is 0.917. The van der Waals surface area contributed by atoms with Crippen LogP contribution in [0.4, 0.5) is 0 Å². The van der Waals surface area contributed by atoms with Gasteiger partial charge in [-0.15, -0.1) is 0 Å². The first-order chi connectivity index (χ1) is 7.61. The molecule has 1 atom stereocenters. The normalized spacial score (nSPS) is 21.1. The van der Waals surface area contributed by atoms with Crippen LogP contribution in [-0.2, 0) is 9.53 Å². The summed E-state index contributed by atoms with van der Waals surface area (Å²) in [4.78, 5) is 13.8. The molecule has 1 saturated heterocycles. The fourth-order valence-corrected chi connectivity index (χ4v) is 1.91. The lowest BCUT2D eigenvalue weighted by Crippen LogP contribution is -2.42. The third-order valence-electron chi connectivity index (χ3n) is 2.90. The monoisotopic (exact) mass is 228 g/mol. The van der Waals surface area contributed by atoms with Crippen molar-refractivity contribution in [2.24, 2.45) is 5.92 Å². The summed E-state index contributed by atoms with van der Waals surface area (Å²) in [6.45, 7) is 7.20. The number of piperidine rings is 1. The summed E-state index contributed by atoms with van der Waals surface area (Å²) in [7, 11) is 1.86. The van der Waals surface area contributed by atoms with Gasteiger partial charge in [0, 0.05) is 20.1 Å². The van der Waals surface area contributed by atoms with Gasteiger partial charge in [0.1, 0.15) is 0 Å². The molecule has 4 heteroatoms. The molecule has 4 nitrogen and oxygen atoms in total. The van der Waals surface area contributed by atoms with Crippen LogP contribution in [0.25, 0.3) is 0 Å². The Morgan fingerprint density at radius 3 is 2.88 bits per heavy atom. The third kappa shape index (κ3) is 4.49. The number of hydrogen-bond acceptors (Lipinski definition) is 3. The van der Waals surface area contributed by atoms with Gasteiger partial charge in [-0.3, -0.25) is 4.79 Å². The minimum Gasteiger partial charge on any atom is -0.377 e. The zero-order valence-electron chi connectivity index (χ0n) is 10.7. The Morgan fingerprint density at radius 2 is 2.31 bits per heavy atom. The van der Waals surface area contributed by atoms with Gasteiger partial charge in [0.15, 0.2) is 0 Å². The molecule has 1 fully saturated rings. The Balaban J connectivity index is 2.23. The van der Waals surface area contributed by atoms with Crippen LogP contribution in [-0.4, -0.2) is 50.2 Å². The number of carbonyl (C=O) groups is 1. The van der Waals surface area contributed by atoms with Crippen molar-refractivity contribution < 1.29 is 9.53 Å². The highest BCUT2D eigenvalue weighted by Crippen LogP contribution is 2.12. The maximum absolute atomic E-state index is 12.0. The second kappa shape index (κ2) is 6.86. The molecule has 94 valence electrons. The first-order valence-electron chi connectivity index (χ1n) is 6.18. The van der Waals surface area contributed by atoms with Crippen molar-refractivity contribution in [3.8, 4) is 0 Å². The van der Waals surface area contributed by atoms with Crippen LogP contribution in [0.15, 0.2) is 0 Å². The maximum Gasteiger partial charge on any atom is 0.226 e. The van der Waals surface area contributed by atoms with Crippen LogP contribution < -0.4 is 5.32 Å². The van der Waals surface area contributed by atoms with Gasteiger partial charge < -0.3 is 15.0 Å². The lowest BCUT2D eigenvalue weighted by atomic mass is 9.98. The Morgan fingerprint density at radius 1 is 1.56 bits per heavy atom. The molecule has 0 radical (unpaired) electrons. The van der Waals surface area contributed by atoms with Crippen molar-refractivity contribution in [2.45, 2.75) is 32.8 Å². The van der Waals surface area contributed by atoms with E-state index in [1.165, 1.54) is 0 Å². The van der Waals surface area contributed by atoms with Crippen LogP contribution in [0.3, 0.4) is 0 Å². The molecule has 16 heavy (non-hydrogen) atoms. The minimum absolute atomic E-state index is 0.165. The SMILES string of the molecule is CC(C)OCCN(C)C(=O)[C@H]1CCCNC1. The number of amides is 1. The Hall–Kier alpha value is -0.610. The van der Waals surface area contributed by atoms with Crippen LogP contribution in [0, 0.1) is 5.92 Å². The zero-order valence-corrected chi connectivity index (χ0v) is 10.7. The average molecular weight is 228 g/mol. The molecule has 0 aromatic heterocycles. The van der Waals surface area contributed by atoms with Gasteiger partial charge in [-0.2, -0.15) is 0 Å². The van der Waals surface area contributed by atoms with E-state index in [0.29, 0.717) is 13.2 Å². The van der Waals surface area contributed by atoms with Gasteiger partial charge in [0.25, 0.3) is 0 Å². The second-order valence-electron chi connectivity index (χ2n) is 4.72. The van der Waals surface area contributed by atoms with Gasteiger partial charge in [-0.1, -0.05) is 0 Å². The fourth-order valence-electron chi connectivity index (χ4n) is 1.91. The van der Waals surface area contributed by atoms with E-state index in [2.05, 4.69) is 5.32 Å². The summed E-state index contributed by atoms with van der Waals surface area (Å²) < 4.78 is 5.44. The highest BCUT2D eigenvalue weighted by atomic mass is 16.5. The smallest absolute Gasteiger partial charge is 0.226 e. The molecule has 1 rings (SSSR count). The molecule has 0 aliphatic carbocycles. The van der Waals surface area contributed by atoms with Crippen molar-refractivity contribution in [3.05, 3.63) is 0 Å². The number of carbonyl (C=O) groups excluding carboxylic acids is 1. The van der Waals surface area contributed by atoms with E-state index in [4.69, 9.17) is 4.74 Å². The van der Waals surface area contributed by atoms with Crippen molar-refractivity contribution >= 4 is 5.91 Å². The Bertz CT molecular complexity index is 213. The van der Waals surface area contributed by atoms with Gasteiger partial charge in [-0.25, -0.2) is 0 Å². The number of likely N-dealkylation sites (N-methyl/N-ethyl adjacent to an activating group) is 1. The maximum atomic E-state index is 12.0. The number of hydrogen-bond donors (Lipinski definition) is 1. The molecule has 0 saturated carbocycles. The van der Waals surface area contributed by atoms with Crippen molar-refractivity contribution in [3.63, 3.8) is 0 Å². The number of ether oxygens (including phenoxy) is 1. The minimum atomic E-state index is 0.165. The van der Waals surface area contributed by atoms with E-state index in [-0.39, 0.29) is 17.9 Å². The number of rotatable bonds is 5. The third-order valence-corrected chi connectivity index (χ3v) is 2.90. The molecule has 1 N–H and O–H groups in total. The molecule has 0 aromatic carbocycles. The van der Waals surface area contributed by atoms with E-state index >= 15 is 0 Å². The predicted molar refractivity (Wildman–Crippen MR) is 64.3 cm³/mol. The van der Waals surface area contributed by atoms with Crippen molar-refractivity contribution in [2.75, 3.05) is 33.3 Å². The van der Waals surface area contributed by atoms with Gasteiger partial charge >= 0.3 is 0 Å². The topological polar surface area (TPSA) is 41.6 Å². The molecule has 1 heterocycles. The standard InChI is InChI=1S/C12H24N2O2/c1-10(2)16-8-7-14(3)12(15)11-5-4-6-13-9-11/h10-11,13H,4-9H2,1-3H3/t11-/m0/s1. The summed E-state index contributed by atoms with van der Waals surface area (Å²) in [6.07, 6.45) is 2.35. The molecule has 0 bridgehead atoms. The largest absolute Gasteiger partial charge is 0.377 e. The summed E-state index contributed by atoms with van der Waals surface area (Å²) in [5.74, 6) is 0.414. The van der Waals surface area contributed by atoms with Crippen LogP contribution in [0.5, 0.6) is 0 Å². The highest BCUT2D eigenvalue weighted by Gasteiger charge is 2.23. The lowest BCUT2D eigenvalue weighted by Gasteiger charge is -2.27. The average Bonchev–Trinajstić information content (AvgIpc) is 2.28. The van der Waals surface area contributed by atoms with Crippen LogP contribution in [0.1, 0.15) is 26.7 Å². The first kappa shape index (κ1) is 13.5. The van der Waals surface area contributed by atoms with Gasteiger partial charge in [0.05, 0.1) is 18.6 Å². The molecule has 1 aliphatic rings. The van der Waals surface area contributed by atoms with Gasteiger partial charge in [0.2, 0.25) is 5.91 Å². The van der Waals surface area contributed by atoms with E-state index < -0.39 is 0 Å². The van der Waals surface area contributed by atoms with Crippen LogP contribution >= 0.6 is 0 Å². The Labute approximate surface area is 98.3 Å². The highest BCUT2D eigenvalue weighted by molar-refractivity contribution is 5.78. The van der Waals surface area contributed by atoms with Crippen LogP contribution in [0.2, 0.25) is 0 Å². The molecular weight excluding hydrogens is 204 g/mol. The lowest BCUT2D eigenvalue weighted by molar-refractivity contribution is -0.135. The summed E-state index contributed by atoms with van der Waals surface area (Å²) in [5.41, 5.74) is 0. The first-order valence-corrected chi connectivity index (χ1v) is 6.18. The summed E-state index contributed by atoms with van der Waals surface area (Å²) in [6, 6.07) is 0. The van der Waals surface area contributed by atoms with E-state index in [1.807, 2.05) is 20.9 Å². The molecule has 0 unspecified atom stereocenters. The quantitative estimate of drug-likeness (QED) is 0.759. The number of nitrogens with zero attached hydrogens (tertiary/aromatic N) is 1. The Kier molecular flexibility index (Phi) is 5.77. The second-order valence-corrected chi connectivity index (χ2v) is 4.72. The molecular formula is C12H24N2O2. The van der Waals surface area contributed by atoms with Gasteiger partial charge in [-0.05, 0) is 33.2 Å². The van der Waals surface area contributed by atoms with E-state index in [0.717, 1.165) is 25.9 Å². The van der Waals surface area contributed by atoms with E-state index in [9.17, 15) is 4.79 Å². The summed E-state index contributed by atoms with van der Waals surface area (Å²) in [5, 5.41) is 3.27. The zero-order chi connectivity index (χ0) is 12.0. The molecule has 1 amide bonds. The number of nitrogens with one attached hydrogen (secondary N) is 1.